The Hall–Kier alpha value is -2.34. The molecule has 0 atom stereocenters. The van der Waals surface area contributed by atoms with E-state index in [2.05, 4.69) is 4.98 Å². The summed E-state index contributed by atoms with van der Waals surface area (Å²) in [4.78, 5) is 16.5. The molecule has 0 aliphatic rings. The molecular weight excluding hydrogens is 276 g/mol. The number of aromatic nitrogens is 2. The Balaban J connectivity index is 2.16. The van der Waals surface area contributed by atoms with Gasteiger partial charge in [0.25, 0.3) is 0 Å². The van der Waals surface area contributed by atoms with Gasteiger partial charge in [-0.25, -0.2) is 9.78 Å². The first-order valence-electron chi connectivity index (χ1n) is 5.93. The van der Waals surface area contributed by atoms with Crippen LogP contribution in [0.5, 0.6) is 5.75 Å². The van der Waals surface area contributed by atoms with Gasteiger partial charge in [0.15, 0.2) is 5.82 Å². The zero-order chi connectivity index (χ0) is 14.3. The Kier molecular flexibility index (Phi) is 2.94. The van der Waals surface area contributed by atoms with E-state index in [1.807, 2.05) is 23.1 Å². The van der Waals surface area contributed by atoms with Crippen molar-refractivity contribution in [1.82, 2.24) is 9.55 Å². The fourth-order valence-corrected chi connectivity index (χ4v) is 2.98. The molecule has 2 heterocycles. The average Bonchev–Trinajstić information content (AvgIpc) is 3.03. The van der Waals surface area contributed by atoms with E-state index in [4.69, 9.17) is 9.84 Å². The summed E-state index contributed by atoms with van der Waals surface area (Å²) in [6, 6.07) is 6.88. The Labute approximate surface area is 119 Å². The van der Waals surface area contributed by atoms with E-state index in [9.17, 15) is 4.79 Å². The number of carboxylic acids is 1. The van der Waals surface area contributed by atoms with Gasteiger partial charge in [-0.15, -0.1) is 11.3 Å². The number of aryl methyl sites for hydroxylation is 1. The maximum atomic E-state index is 11.0. The predicted molar refractivity (Wildman–Crippen MR) is 77.5 cm³/mol. The van der Waals surface area contributed by atoms with Gasteiger partial charge in [-0.3, -0.25) is 0 Å². The quantitative estimate of drug-likeness (QED) is 0.804. The first-order chi connectivity index (χ1) is 9.60. The third kappa shape index (κ3) is 1.94. The van der Waals surface area contributed by atoms with Crippen LogP contribution in [0.2, 0.25) is 0 Å². The summed E-state index contributed by atoms with van der Waals surface area (Å²) in [6.45, 7) is 0. The number of thiophene rings is 1. The molecule has 0 aliphatic heterocycles. The Morgan fingerprint density at radius 3 is 2.85 bits per heavy atom. The van der Waals surface area contributed by atoms with Crippen molar-refractivity contribution < 1.29 is 14.6 Å². The van der Waals surface area contributed by atoms with E-state index in [1.165, 1.54) is 0 Å². The number of carboxylic acid groups (broad SMARTS) is 1. The molecule has 6 heteroatoms. The van der Waals surface area contributed by atoms with Crippen molar-refractivity contribution in [3.8, 4) is 16.5 Å². The van der Waals surface area contributed by atoms with Crippen LogP contribution in [0.1, 0.15) is 10.4 Å². The molecule has 0 saturated carbocycles. The van der Waals surface area contributed by atoms with Crippen LogP contribution in [-0.4, -0.2) is 27.7 Å². The van der Waals surface area contributed by atoms with E-state index < -0.39 is 5.97 Å². The molecule has 2 aromatic heterocycles. The fourth-order valence-electron chi connectivity index (χ4n) is 2.10. The summed E-state index contributed by atoms with van der Waals surface area (Å²) in [5.41, 5.74) is 1.82. The number of hydrogen-bond acceptors (Lipinski definition) is 4. The van der Waals surface area contributed by atoms with Crippen LogP contribution >= 0.6 is 11.3 Å². The molecule has 20 heavy (non-hydrogen) atoms. The van der Waals surface area contributed by atoms with Gasteiger partial charge in [-0.05, 0) is 18.2 Å². The number of carbonyl (C=O) groups is 1. The first-order valence-corrected chi connectivity index (χ1v) is 6.81. The highest BCUT2D eigenvalue weighted by molar-refractivity contribution is 7.13. The van der Waals surface area contributed by atoms with E-state index in [-0.39, 0.29) is 5.56 Å². The minimum atomic E-state index is -0.947. The van der Waals surface area contributed by atoms with E-state index >= 15 is 0 Å². The van der Waals surface area contributed by atoms with Gasteiger partial charge in [-0.2, -0.15) is 0 Å². The molecule has 0 saturated heterocycles. The van der Waals surface area contributed by atoms with Gasteiger partial charge in [0.2, 0.25) is 0 Å². The van der Waals surface area contributed by atoms with E-state index in [1.54, 1.807) is 36.6 Å². The van der Waals surface area contributed by atoms with Crippen molar-refractivity contribution in [3.05, 3.63) is 35.2 Å². The van der Waals surface area contributed by atoms with Crippen LogP contribution in [0.3, 0.4) is 0 Å². The van der Waals surface area contributed by atoms with Gasteiger partial charge in [0.05, 0.1) is 28.6 Å². The van der Waals surface area contributed by atoms with Crippen LogP contribution in [0.4, 0.5) is 0 Å². The van der Waals surface area contributed by atoms with Crippen molar-refractivity contribution in [2.45, 2.75) is 0 Å². The highest BCUT2D eigenvalue weighted by Gasteiger charge is 2.14. The third-order valence-electron chi connectivity index (χ3n) is 3.16. The monoisotopic (exact) mass is 288 g/mol. The minimum absolute atomic E-state index is 0.242. The van der Waals surface area contributed by atoms with Gasteiger partial charge in [0.1, 0.15) is 5.75 Å². The van der Waals surface area contributed by atoms with Crippen molar-refractivity contribution >= 4 is 28.3 Å². The van der Waals surface area contributed by atoms with Crippen molar-refractivity contribution in [3.63, 3.8) is 0 Å². The molecule has 0 fully saturated rings. The molecule has 0 radical (unpaired) electrons. The number of ether oxygens (including phenoxy) is 1. The molecule has 3 aromatic rings. The third-order valence-corrected chi connectivity index (χ3v) is 4.06. The molecule has 102 valence electrons. The lowest BCUT2D eigenvalue weighted by molar-refractivity contribution is 0.0697. The zero-order valence-corrected chi connectivity index (χ0v) is 11.8. The number of nitrogens with zero attached hydrogens (tertiary/aromatic N) is 2. The Bertz CT molecular complexity index is 804. The molecule has 1 N–H and O–H groups in total. The van der Waals surface area contributed by atoms with Crippen LogP contribution in [0.15, 0.2) is 29.6 Å². The lowest BCUT2D eigenvalue weighted by Gasteiger charge is -1.99. The molecule has 5 nitrogen and oxygen atoms in total. The second-order valence-electron chi connectivity index (χ2n) is 4.35. The molecule has 1 aromatic carbocycles. The molecule has 0 unspecified atom stereocenters. The predicted octanol–water partition coefficient (Wildman–Crippen LogP) is 3.01. The van der Waals surface area contributed by atoms with Gasteiger partial charge in [0, 0.05) is 18.5 Å². The molecule has 3 rings (SSSR count). The molecule has 0 bridgehead atoms. The van der Waals surface area contributed by atoms with Crippen LogP contribution in [0, 0.1) is 0 Å². The highest BCUT2D eigenvalue weighted by Crippen LogP contribution is 2.32. The first kappa shape index (κ1) is 12.7. The van der Waals surface area contributed by atoms with Crippen molar-refractivity contribution in [2.75, 3.05) is 7.11 Å². The van der Waals surface area contributed by atoms with Crippen LogP contribution < -0.4 is 4.74 Å². The standard InChI is InChI=1S/C14H12N2O3S/c1-16-11-4-3-8(14(17)18)5-10(11)15-13(16)12-6-9(19-2)7-20-12/h3-7H,1-2H3,(H,17,18). The van der Waals surface area contributed by atoms with Crippen molar-refractivity contribution in [2.24, 2.45) is 7.05 Å². The highest BCUT2D eigenvalue weighted by atomic mass is 32.1. The molecule has 0 spiro atoms. The van der Waals surface area contributed by atoms with Crippen LogP contribution in [-0.2, 0) is 7.05 Å². The number of benzene rings is 1. The normalized spacial score (nSPS) is 10.9. The Morgan fingerprint density at radius 1 is 1.40 bits per heavy atom. The summed E-state index contributed by atoms with van der Waals surface area (Å²) in [6.07, 6.45) is 0. The molecule has 0 aliphatic carbocycles. The second kappa shape index (κ2) is 4.64. The summed E-state index contributed by atoms with van der Waals surface area (Å²) in [7, 11) is 3.54. The number of methoxy groups -OCH3 is 1. The minimum Gasteiger partial charge on any atom is -0.496 e. The number of rotatable bonds is 3. The average molecular weight is 288 g/mol. The molecule has 0 amide bonds. The van der Waals surface area contributed by atoms with E-state index in [0.717, 1.165) is 22.0 Å². The van der Waals surface area contributed by atoms with Crippen LogP contribution in [0.25, 0.3) is 21.7 Å². The summed E-state index contributed by atoms with van der Waals surface area (Å²) in [5.74, 6) is 0.649. The number of hydrogen-bond donors (Lipinski definition) is 1. The summed E-state index contributed by atoms with van der Waals surface area (Å²) < 4.78 is 7.13. The molecular formula is C14H12N2O3S. The number of aromatic carboxylic acids is 1. The number of imidazole rings is 1. The SMILES string of the molecule is COc1csc(-c2nc3cc(C(=O)O)ccc3n2C)c1. The topological polar surface area (TPSA) is 64.3 Å². The summed E-state index contributed by atoms with van der Waals surface area (Å²) in [5, 5.41) is 10.9. The smallest absolute Gasteiger partial charge is 0.335 e. The maximum Gasteiger partial charge on any atom is 0.335 e. The van der Waals surface area contributed by atoms with Gasteiger partial charge in [-0.1, -0.05) is 0 Å². The Morgan fingerprint density at radius 2 is 2.20 bits per heavy atom. The largest absolute Gasteiger partial charge is 0.496 e. The fraction of sp³-hybridized carbons (Fsp3) is 0.143. The lowest BCUT2D eigenvalue weighted by Crippen LogP contribution is -1.95. The summed E-state index contributed by atoms with van der Waals surface area (Å²) >= 11 is 1.54. The van der Waals surface area contributed by atoms with Crippen molar-refractivity contribution in [1.29, 1.82) is 0 Å². The second-order valence-corrected chi connectivity index (χ2v) is 5.27. The maximum absolute atomic E-state index is 11.0. The van der Waals surface area contributed by atoms with Gasteiger partial charge >= 0.3 is 5.97 Å². The van der Waals surface area contributed by atoms with E-state index in [0.29, 0.717) is 5.52 Å². The lowest BCUT2D eigenvalue weighted by atomic mass is 10.2. The number of fused-ring (bicyclic) bond motifs is 1. The zero-order valence-electron chi connectivity index (χ0n) is 11.0. The van der Waals surface area contributed by atoms with Gasteiger partial charge < -0.3 is 14.4 Å².